The molecular weight excluding hydrogens is 650 g/mol. The van der Waals surface area contributed by atoms with Gasteiger partial charge in [0.05, 0.1) is 29.4 Å². The number of carbonyl (C=O) groups is 3. The molecule has 11 heteroatoms. The maximum absolute atomic E-state index is 14.5. The Morgan fingerprint density at radius 3 is 2.27 bits per heavy atom. The van der Waals surface area contributed by atoms with E-state index in [1.165, 1.54) is 0 Å². The Hall–Kier alpha value is -2.41. The van der Waals surface area contributed by atoms with Crippen LogP contribution in [0.25, 0.3) is 0 Å². The third-order valence-corrected chi connectivity index (χ3v) is 11.6. The molecule has 3 aliphatic heterocycles. The lowest BCUT2D eigenvalue weighted by atomic mass is 9.74. The summed E-state index contributed by atoms with van der Waals surface area (Å²) >= 11 is 0. The summed E-state index contributed by atoms with van der Waals surface area (Å²) in [5.41, 5.74) is -2.01. The summed E-state index contributed by atoms with van der Waals surface area (Å²) in [6.45, 7) is 18.5. The van der Waals surface area contributed by atoms with Crippen LogP contribution in [0.3, 0.4) is 0 Å². The Balaban J connectivity index is 1.67. The zero-order valence-electron chi connectivity index (χ0n) is 33.0. The highest BCUT2D eigenvalue weighted by molar-refractivity contribution is 6.04. The highest BCUT2D eigenvalue weighted by atomic mass is 16.7. The summed E-state index contributed by atoms with van der Waals surface area (Å²) in [4.78, 5) is 46.2. The molecule has 0 spiro atoms. The van der Waals surface area contributed by atoms with Crippen molar-refractivity contribution in [1.29, 1.82) is 0 Å². The highest BCUT2D eigenvalue weighted by Gasteiger charge is 2.52. The fraction of sp³-hybridized carbons (Fsp3) is 0.775. The van der Waals surface area contributed by atoms with Gasteiger partial charge in [0.15, 0.2) is 18.2 Å². The lowest BCUT2D eigenvalue weighted by Gasteiger charge is -2.47. The van der Waals surface area contributed by atoms with E-state index in [2.05, 4.69) is 31.0 Å². The second-order valence-electron chi connectivity index (χ2n) is 16.6. The Kier molecular flexibility index (Phi) is 14.3. The number of carbonyl (C=O) groups excluding carboxylic acids is 3. The molecule has 0 aromatic heterocycles. The van der Waals surface area contributed by atoms with Gasteiger partial charge in [-0.05, 0) is 125 Å². The normalized spacial score (nSPS) is 35.1. The summed E-state index contributed by atoms with van der Waals surface area (Å²) in [6.07, 6.45) is 0.285. The van der Waals surface area contributed by atoms with Gasteiger partial charge in [-0.2, -0.15) is 0 Å². The van der Waals surface area contributed by atoms with Gasteiger partial charge < -0.3 is 38.8 Å². The first kappa shape index (κ1) is 41.3. The first-order valence-corrected chi connectivity index (χ1v) is 19.0. The molecule has 3 heterocycles. The smallest absolute Gasteiger partial charge is 0.338 e. The maximum Gasteiger partial charge on any atom is 0.338 e. The number of methoxy groups -OCH3 is 1. The molecular formula is C40H65N3O8. The Morgan fingerprint density at radius 1 is 1.04 bits per heavy atom. The fourth-order valence-electron chi connectivity index (χ4n) is 8.25. The number of ether oxygens (including phenoxy) is 5. The number of benzene rings is 1. The van der Waals surface area contributed by atoms with Crippen molar-refractivity contribution in [2.45, 2.75) is 129 Å². The van der Waals surface area contributed by atoms with E-state index < -0.39 is 47.4 Å². The number of piperidine rings is 1. The second-order valence-corrected chi connectivity index (χ2v) is 16.6. The minimum absolute atomic E-state index is 0.0317. The van der Waals surface area contributed by atoms with Gasteiger partial charge in [-0.3, -0.25) is 9.59 Å². The van der Waals surface area contributed by atoms with Crippen molar-refractivity contribution in [1.82, 2.24) is 15.1 Å². The average molecular weight is 716 g/mol. The Bertz CT molecular complexity index is 1300. The number of likely N-dealkylation sites (tertiary alicyclic amines) is 1. The molecule has 3 saturated heterocycles. The minimum atomic E-state index is -1.45. The first-order chi connectivity index (χ1) is 24.0. The van der Waals surface area contributed by atoms with Crippen LogP contribution in [0.2, 0.25) is 0 Å². The van der Waals surface area contributed by atoms with Gasteiger partial charge in [0.1, 0.15) is 12.0 Å². The molecule has 0 saturated carbocycles. The molecule has 288 valence electrons. The third kappa shape index (κ3) is 9.97. The molecule has 0 amide bonds. The van der Waals surface area contributed by atoms with E-state index in [0.29, 0.717) is 36.9 Å². The van der Waals surface area contributed by atoms with E-state index in [-0.39, 0.29) is 36.5 Å². The molecule has 11 nitrogen and oxygen atoms in total. The van der Waals surface area contributed by atoms with Crippen molar-refractivity contribution in [3.63, 3.8) is 0 Å². The van der Waals surface area contributed by atoms with Gasteiger partial charge in [-0.15, -0.1) is 0 Å². The quantitative estimate of drug-likeness (QED) is 0.291. The van der Waals surface area contributed by atoms with Crippen LogP contribution in [0.5, 0.6) is 0 Å². The highest BCUT2D eigenvalue weighted by Crippen LogP contribution is 2.39. The van der Waals surface area contributed by atoms with Crippen molar-refractivity contribution in [2.24, 2.45) is 23.2 Å². The number of nitrogens with zero attached hydrogens (tertiary/aromatic N) is 2. The molecule has 1 aromatic carbocycles. The number of ketones is 1. The van der Waals surface area contributed by atoms with Crippen LogP contribution in [0.4, 0.5) is 0 Å². The molecule has 0 bridgehead atoms. The molecule has 1 N–H and O–H groups in total. The summed E-state index contributed by atoms with van der Waals surface area (Å²) in [6, 6.07) is 9.09. The van der Waals surface area contributed by atoms with Gasteiger partial charge >= 0.3 is 11.9 Å². The van der Waals surface area contributed by atoms with Crippen molar-refractivity contribution in [3.8, 4) is 0 Å². The summed E-state index contributed by atoms with van der Waals surface area (Å²) < 4.78 is 31.9. The number of esters is 2. The number of cyclic esters (lactones) is 1. The predicted molar refractivity (Wildman–Crippen MR) is 196 cm³/mol. The molecule has 1 aromatic rings. The van der Waals surface area contributed by atoms with Crippen LogP contribution in [-0.4, -0.2) is 123 Å². The van der Waals surface area contributed by atoms with Gasteiger partial charge in [-0.25, -0.2) is 4.79 Å². The monoisotopic (exact) mass is 715 g/mol. The lowest BCUT2D eigenvalue weighted by Crippen LogP contribution is -2.60. The van der Waals surface area contributed by atoms with Gasteiger partial charge in [0.25, 0.3) is 0 Å². The van der Waals surface area contributed by atoms with E-state index in [9.17, 15) is 14.4 Å². The van der Waals surface area contributed by atoms with Crippen molar-refractivity contribution in [2.75, 3.05) is 47.4 Å². The summed E-state index contributed by atoms with van der Waals surface area (Å²) in [5, 5.41) is 3.75. The molecule has 0 aliphatic carbocycles. The van der Waals surface area contributed by atoms with Gasteiger partial charge in [0.2, 0.25) is 0 Å². The SMILES string of the molecule is CO[C@]1(C)C[C@@H](C)CNC(C2CCN(C(C)C)CC2)COC(=O)C(C)(C)C(=O)[C@H](C)[C@H]1O[C@@H]1O[C@H](C)C[C@H](N(C)C)[C@H]1OC(=O)c1ccccc1. The molecule has 51 heavy (non-hydrogen) atoms. The van der Waals surface area contributed by atoms with Gasteiger partial charge in [-0.1, -0.05) is 32.0 Å². The zero-order valence-corrected chi connectivity index (χ0v) is 33.0. The van der Waals surface area contributed by atoms with E-state index in [1.807, 2.05) is 38.9 Å². The minimum Gasteiger partial charge on any atom is -0.463 e. The third-order valence-electron chi connectivity index (χ3n) is 11.6. The number of hydrogen-bond acceptors (Lipinski definition) is 11. The van der Waals surface area contributed by atoms with Crippen molar-refractivity contribution < 1.29 is 38.1 Å². The number of hydrogen-bond donors (Lipinski definition) is 1. The standard InChI is InChI=1S/C40H65N3O8/c1-25(2)43-19-17-29(18-20-43)31-24-48-38(46)39(6,7)34(44)28(5)35(40(8,47-11)22-26(3)23-41-31)51-37-33(32(42(9)10)21-27(4)49-37)50-36(45)30-15-13-12-14-16-30/h12-16,25-29,31-33,35,37,41H,17-24H2,1-11H3/t26-,27-,28+,31?,32+,33-,35-,37+,40-/m1/s1. The zero-order chi connectivity index (χ0) is 37.7. The van der Waals surface area contributed by atoms with E-state index in [4.69, 9.17) is 23.7 Å². The topological polar surface area (TPSA) is 116 Å². The van der Waals surface area contributed by atoms with Crippen LogP contribution in [0.1, 0.15) is 91.4 Å². The van der Waals surface area contributed by atoms with E-state index in [0.717, 1.165) is 25.9 Å². The average Bonchev–Trinajstić information content (AvgIpc) is 3.10. The largest absolute Gasteiger partial charge is 0.463 e. The molecule has 9 atom stereocenters. The maximum atomic E-state index is 14.5. The molecule has 4 rings (SSSR count). The predicted octanol–water partition coefficient (Wildman–Crippen LogP) is 4.96. The fourth-order valence-corrected chi connectivity index (χ4v) is 8.25. The van der Waals surface area contributed by atoms with Crippen LogP contribution in [0, 0.1) is 23.2 Å². The van der Waals surface area contributed by atoms with Crippen LogP contribution in [-0.2, 0) is 33.3 Å². The Labute approximate surface area is 306 Å². The van der Waals surface area contributed by atoms with Crippen molar-refractivity contribution in [3.05, 3.63) is 35.9 Å². The van der Waals surface area contributed by atoms with E-state index in [1.54, 1.807) is 52.1 Å². The number of nitrogens with one attached hydrogen (secondary N) is 1. The van der Waals surface area contributed by atoms with E-state index >= 15 is 0 Å². The molecule has 0 radical (unpaired) electrons. The summed E-state index contributed by atoms with van der Waals surface area (Å²) in [5.74, 6) is -1.70. The number of Topliss-reactive ketones (excluding diaryl/α,β-unsaturated/α-hetero) is 1. The lowest BCUT2D eigenvalue weighted by molar-refractivity contribution is -0.295. The van der Waals surface area contributed by atoms with Crippen LogP contribution < -0.4 is 5.32 Å². The van der Waals surface area contributed by atoms with Crippen LogP contribution in [0.15, 0.2) is 30.3 Å². The summed E-state index contributed by atoms with van der Waals surface area (Å²) in [7, 11) is 5.52. The number of likely N-dealkylation sites (N-methyl/N-ethyl adjacent to an activating group) is 1. The molecule has 1 unspecified atom stereocenters. The first-order valence-electron chi connectivity index (χ1n) is 19.0. The van der Waals surface area contributed by atoms with Crippen LogP contribution >= 0.6 is 0 Å². The van der Waals surface area contributed by atoms with Gasteiger partial charge in [0, 0.05) is 25.1 Å². The molecule has 3 fully saturated rings. The molecule has 3 aliphatic rings. The number of rotatable bonds is 8. The second kappa shape index (κ2) is 17.6. The van der Waals surface area contributed by atoms with Crippen molar-refractivity contribution >= 4 is 17.7 Å². The Morgan fingerprint density at radius 2 is 1.69 bits per heavy atom.